The van der Waals surface area contributed by atoms with Crippen molar-refractivity contribution in [2.45, 2.75) is 39.7 Å². The van der Waals surface area contributed by atoms with Crippen molar-refractivity contribution in [3.63, 3.8) is 0 Å². The molecule has 0 atom stereocenters. The maximum absolute atomic E-state index is 4.50. The highest BCUT2D eigenvalue weighted by Gasteiger charge is 2.17. The van der Waals surface area contributed by atoms with Gasteiger partial charge < -0.3 is 10.3 Å². The molecule has 1 fully saturated rings. The molecule has 6 heteroatoms. The summed E-state index contributed by atoms with van der Waals surface area (Å²) >= 11 is 0. The van der Waals surface area contributed by atoms with Crippen molar-refractivity contribution in [2.75, 3.05) is 13.1 Å². The van der Waals surface area contributed by atoms with Gasteiger partial charge in [-0.2, -0.15) is 0 Å². The number of hydrogen-bond donors (Lipinski definition) is 2. The van der Waals surface area contributed by atoms with Gasteiger partial charge in [0.2, 0.25) is 0 Å². The molecule has 2 N–H and O–H groups in total. The Bertz CT molecular complexity index is 1160. The minimum atomic E-state index is 0.443. The summed E-state index contributed by atoms with van der Waals surface area (Å²) in [6.07, 6.45) is 4.29. The van der Waals surface area contributed by atoms with Crippen LogP contribution in [0.2, 0.25) is 0 Å². The lowest BCUT2D eigenvalue weighted by Crippen LogP contribution is -2.29. The molecule has 1 aliphatic rings. The van der Waals surface area contributed by atoms with Crippen molar-refractivity contribution in [1.29, 1.82) is 0 Å². The Morgan fingerprint density at radius 2 is 1.72 bits per heavy atom. The second-order valence-electron chi connectivity index (χ2n) is 8.09. The zero-order valence-corrected chi connectivity index (χ0v) is 17.2. The minimum Gasteiger partial charge on any atom is -0.354 e. The summed E-state index contributed by atoms with van der Waals surface area (Å²) in [5.41, 5.74) is 8.81. The van der Waals surface area contributed by atoms with E-state index in [4.69, 9.17) is 0 Å². The summed E-state index contributed by atoms with van der Waals surface area (Å²) in [6.45, 7) is 8.34. The predicted molar refractivity (Wildman–Crippen MR) is 116 cm³/mol. The van der Waals surface area contributed by atoms with Gasteiger partial charge in [0.15, 0.2) is 0 Å². The SMILES string of the molecule is Cc1cc(-c2[nH]c3cc(-c4cn(C5CCNCC5)nn4)ccc3c2C)cc(C)n1. The first-order valence-corrected chi connectivity index (χ1v) is 10.3. The highest BCUT2D eigenvalue weighted by molar-refractivity contribution is 5.93. The van der Waals surface area contributed by atoms with Crippen LogP contribution in [0.4, 0.5) is 0 Å². The van der Waals surface area contributed by atoms with Gasteiger partial charge in [0.25, 0.3) is 0 Å². The third-order valence-corrected chi connectivity index (χ3v) is 5.92. The molecule has 3 aromatic heterocycles. The molecular weight excluding hydrogens is 360 g/mol. The molecule has 0 amide bonds. The summed E-state index contributed by atoms with van der Waals surface area (Å²) in [5, 5.41) is 13.5. The van der Waals surface area contributed by atoms with Gasteiger partial charge in [-0.05, 0) is 70.5 Å². The maximum Gasteiger partial charge on any atom is 0.113 e. The van der Waals surface area contributed by atoms with Crippen LogP contribution in [0.3, 0.4) is 0 Å². The molecule has 29 heavy (non-hydrogen) atoms. The van der Waals surface area contributed by atoms with E-state index < -0.39 is 0 Å². The number of fused-ring (bicyclic) bond motifs is 1. The van der Waals surface area contributed by atoms with Crippen LogP contribution in [0.5, 0.6) is 0 Å². The number of pyridine rings is 1. The largest absolute Gasteiger partial charge is 0.354 e. The monoisotopic (exact) mass is 386 g/mol. The predicted octanol–water partition coefficient (Wildman–Crippen LogP) is 4.34. The summed E-state index contributed by atoms with van der Waals surface area (Å²) in [7, 11) is 0. The van der Waals surface area contributed by atoms with Gasteiger partial charge in [-0.25, -0.2) is 4.68 Å². The summed E-state index contributed by atoms with van der Waals surface area (Å²) in [6, 6.07) is 11.2. The van der Waals surface area contributed by atoms with E-state index in [0.29, 0.717) is 6.04 Å². The molecular formula is C23H26N6. The van der Waals surface area contributed by atoms with E-state index in [1.54, 1.807) is 0 Å². The maximum atomic E-state index is 4.50. The lowest BCUT2D eigenvalue weighted by Gasteiger charge is -2.22. The number of aromatic nitrogens is 5. The molecule has 0 spiro atoms. The van der Waals surface area contributed by atoms with Crippen LogP contribution in [0, 0.1) is 20.8 Å². The van der Waals surface area contributed by atoms with E-state index in [2.05, 4.69) is 69.0 Å². The van der Waals surface area contributed by atoms with Gasteiger partial charge in [0, 0.05) is 39.1 Å². The van der Waals surface area contributed by atoms with Gasteiger partial charge in [-0.1, -0.05) is 17.3 Å². The molecule has 148 valence electrons. The molecule has 4 aromatic rings. The van der Waals surface area contributed by atoms with Crippen molar-refractivity contribution in [2.24, 2.45) is 0 Å². The number of nitrogens with zero attached hydrogens (tertiary/aromatic N) is 4. The van der Waals surface area contributed by atoms with Crippen LogP contribution < -0.4 is 5.32 Å². The Morgan fingerprint density at radius 3 is 2.48 bits per heavy atom. The number of H-pyrrole nitrogens is 1. The third-order valence-electron chi connectivity index (χ3n) is 5.92. The van der Waals surface area contributed by atoms with Crippen molar-refractivity contribution in [3.8, 4) is 22.5 Å². The van der Waals surface area contributed by atoms with Crippen LogP contribution in [0.1, 0.15) is 35.8 Å². The first kappa shape index (κ1) is 18.1. The minimum absolute atomic E-state index is 0.443. The van der Waals surface area contributed by atoms with Gasteiger partial charge >= 0.3 is 0 Å². The first-order valence-electron chi connectivity index (χ1n) is 10.3. The zero-order chi connectivity index (χ0) is 20.0. The van der Waals surface area contributed by atoms with Crippen LogP contribution in [0.15, 0.2) is 36.5 Å². The molecule has 5 rings (SSSR count). The Morgan fingerprint density at radius 1 is 0.966 bits per heavy atom. The quantitative estimate of drug-likeness (QED) is 0.549. The topological polar surface area (TPSA) is 71.4 Å². The second kappa shape index (κ2) is 7.12. The highest BCUT2D eigenvalue weighted by atomic mass is 15.4. The number of nitrogens with one attached hydrogen (secondary N) is 2. The average molecular weight is 387 g/mol. The second-order valence-corrected chi connectivity index (χ2v) is 8.09. The third kappa shape index (κ3) is 3.34. The molecule has 0 aliphatic carbocycles. The first-order chi connectivity index (χ1) is 14.1. The van der Waals surface area contributed by atoms with Crippen LogP contribution in [-0.2, 0) is 0 Å². The van der Waals surface area contributed by atoms with E-state index in [-0.39, 0.29) is 0 Å². The molecule has 1 aliphatic heterocycles. The van der Waals surface area contributed by atoms with Crippen molar-refractivity contribution < 1.29 is 0 Å². The van der Waals surface area contributed by atoms with E-state index in [1.807, 2.05) is 18.5 Å². The lowest BCUT2D eigenvalue weighted by molar-refractivity contribution is 0.337. The number of piperidine rings is 1. The fourth-order valence-corrected chi connectivity index (χ4v) is 4.42. The van der Waals surface area contributed by atoms with Gasteiger partial charge in [-0.3, -0.25) is 4.98 Å². The van der Waals surface area contributed by atoms with Crippen molar-refractivity contribution in [1.82, 2.24) is 30.3 Å². The van der Waals surface area contributed by atoms with Gasteiger partial charge in [-0.15, -0.1) is 5.10 Å². The van der Waals surface area contributed by atoms with E-state index in [1.165, 1.54) is 16.5 Å². The molecule has 0 bridgehead atoms. The number of hydrogen-bond acceptors (Lipinski definition) is 4. The molecule has 0 unspecified atom stereocenters. The molecule has 1 aromatic carbocycles. The summed E-state index contributed by atoms with van der Waals surface area (Å²) in [4.78, 5) is 8.13. The van der Waals surface area contributed by atoms with Crippen LogP contribution in [0.25, 0.3) is 33.4 Å². The smallest absolute Gasteiger partial charge is 0.113 e. The normalized spacial score (nSPS) is 15.3. The van der Waals surface area contributed by atoms with E-state index in [9.17, 15) is 0 Å². The molecule has 1 saturated heterocycles. The molecule has 6 nitrogen and oxygen atoms in total. The number of aryl methyl sites for hydroxylation is 3. The Labute approximate surface area is 170 Å². The number of benzene rings is 1. The summed E-state index contributed by atoms with van der Waals surface area (Å²) < 4.78 is 2.04. The number of aromatic amines is 1. The van der Waals surface area contributed by atoms with E-state index in [0.717, 1.165) is 59.8 Å². The van der Waals surface area contributed by atoms with Gasteiger partial charge in [0.05, 0.1) is 12.2 Å². The highest BCUT2D eigenvalue weighted by Crippen LogP contribution is 2.32. The standard InChI is InChI=1S/C23H26N6/c1-14-10-18(11-15(2)25-14)23-16(3)20-5-4-17(12-21(20)26-23)22-13-29(28-27-22)19-6-8-24-9-7-19/h4-5,10-13,19,24,26H,6-9H2,1-3H3. The van der Waals surface area contributed by atoms with Crippen molar-refractivity contribution >= 4 is 10.9 Å². The Kier molecular flexibility index (Phi) is 4.43. The fraction of sp³-hybridized carbons (Fsp3) is 0.348. The fourth-order valence-electron chi connectivity index (χ4n) is 4.42. The Balaban J connectivity index is 1.52. The zero-order valence-electron chi connectivity index (χ0n) is 17.2. The number of rotatable bonds is 3. The van der Waals surface area contributed by atoms with Crippen LogP contribution >= 0.6 is 0 Å². The van der Waals surface area contributed by atoms with Gasteiger partial charge in [0.1, 0.15) is 5.69 Å². The molecule has 0 saturated carbocycles. The van der Waals surface area contributed by atoms with Crippen LogP contribution in [-0.4, -0.2) is 38.1 Å². The molecule has 4 heterocycles. The van der Waals surface area contributed by atoms with E-state index >= 15 is 0 Å². The average Bonchev–Trinajstić information content (AvgIpc) is 3.33. The Hall–Kier alpha value is -2.99. The lowest BCUT2D eigenvalue weighted by atomic mass is 10.0. The van der Waals surface area contributed by atoms with Crippen molar-refractivity contribution in [3.05, 3.63) is 53.5 Å². The molecule has 0 radical (unpaired) electrons. The summed E-state index contributed by atoms with van der Waals surface area (Å²) in [5.74, 6) is 0.